The molecular formula is C31H33Br2N7O6. The van der Waals surface area contributed by atoms with Gasteiger partial charge in [-0.05, 0) is 50.6 Å². The van der Waals surface area contributed by atoms with Crippen molar-refractivity contribution in [2.75, 3.05) is 42.6 Å². The molecule has 0 radical (unpaired) electrons. The maximum absolute atomic E-state index is 13.9. The lowest BCUT2D eigenvalue weighted by Gasteiger charge is -2.35. The third-order valence-corrected chi connectivity index (χ3v) is 8.75. The van der Waals surface area contributed by atoms with E-state index in [1.165, 1.54) is 17.2 Å². The minimum absolute atomic E-state index is 0.0225. The van der Waals surface area contributed by atoms with Crippen molar-refractivity contribution in [3.8, 4) is 0 Å². The molecule has 46 heavy (non-hydrogen) atoms. The van der Waals surface area contributed by atoms with Crippen LogP contribution in [0.1, 0.15) is 41.0 Å². The number of ether oxygens (including phenoxy) is 1. The summed E-state index contributed by atoms with van der Waals surface area (Å²) in [7, 11) is 1.71. The molecule has 2 aliphatic heterocycles. The molecule has 5 rings (SSSR count). The number of halogens is 2. The standard InChI is InChI=1S/C31H33Br2N7O6/c1-17-14-38(15-18(2)46-17)31(43)25-9-21(33)10-26(40(44)45)28(25)36-24-11-27(29(41)37-22-6-4-5-20(32)8-22)39(16-24)30(42)19-7-23(34-3)13-35-12-19/h4-10,12-13,17-18,24,27,34,36H,11,14-16H2,1-3H3,(H,37,41)/t17-,18+,24-,27+/m1/s1. The summed E-state index contributed by atoms with van der Waals surface area (Å²) in [4.78, 5) is 60.3. The van der Waals surface area contributed by atoms with Crippen molar-refractivity contribution < 1.29 is 24.0 Å². The summed E-state index contributed by atoms with van der Waals surface area (Å²) in [5.74, 6) is -1.24. The van der Waals surface area contributed by atoms with Crippen LogP contribution in [0.5, 0.6) is 0 Å². The van der Waals surface area contributed by atoms with Crippen LogP contribution in [0.25, 0.3) is 0 Å². The fourth-order valence-electron chi connectivity index (χ4n) is 5.84. The number of benzene rings is 2. The topological polar surface area (TPSA) is 159 Å². The number of morpholine rings is 1. The molecule has 2 saturated heterocycles. The SMILES string of the molecule is CNc1cncc(C(=O)N2C[C@H](Nc3c(C(=O)N4C[C@@H](C)O[C@@H](C)C4)cc(Br)cc3[N+](=O)[O-])C[C@H]2C(=O)Nc2cccc(Br)c2)c1. The minimum atomic E-state index is -0.933. The fourth-order valence-corrected chi connectivity index (χ4v) is 6.68. The molecule has 13 nitrogen and oxygen atoms in total. The van der Waals surface area contributed by atoms with Gasteiger partial charge in [0, 0.05) is 65.8 Å². The Morgan fingerprint density at radius 3 is 2.39 bits per heavy atom. The van der Waals surface area contributed by atoms with Gasteiger partial charge in [0.25, 0.3) is 17.5 Å². The zero-order chi connectivity index (χ0) is 33.1. The van der Waals surface area contributed by atoms with Gasteiger partial charge in [-0.3, -0.25) is 29.5 Å². The summed E-state index contributed by atoms with van der Waals surface area (Å²) in [6, 6.07) is 10.0. The first-order valence-electron chi connectivity index (χ1n) is 14.6. The Hall–Kier alpha value is -4.08. The molecule has 15 heteroatoms. The van der Waals surface area contributed by atoms with Gasteiger partial charge >= 0.3 is 0 Å². The molecule has 2 aliphatic rings. The number of amides is 3. The predicted molar refractivity (Wildman–Crippen MR) is 180 cm³/mol. The molecule has 3 amide bonds. The van der Waals surface area contributed by atoms with E-state index in [1.54, 1.807) is 48.5 Å². The number of nitrogens with zero attached hydrogens (tertiary/aromatic N) is 4. The molecule has 0 saturated carbocycles. The first kappa shape index (κ1) is 33.3. The highest BCUT2D eigenvalue weighted by atomic mass is 79.9. The van der Waals surface area contributed by atoms with E-state index in [-0.39, 0.29) is 47.7 Å². The van der Waals surface area contributed by atoms with Crippen LogP contribution in [0.4, 0.5) is 22.7 Å². The van der Waals surface area contributed by atoms with E-state index in [4.69, 9.17) is 4.74 Å². The quantitative estimate of drug-likeness (QED) is 0.209. The maximum Gasteiger partial charge on any atom is 0.294 e. The summed E-state index contributed by atoms with van der Waals surface area (Å²) in [5.41, 5.74) is 1.25. The van der Waals surface area contributed by atoms with Crippen molar-refractivity contribution in [3.63, 3.8) is 0 Å². The largest absolute Gasteiger partial charge is 0.387 e. The van der Waals surface area contributed by atoms with Crippen molar-refractivity contribution in [2.45, 2.75) is 44.6 Å². The Balaban J connectivity index is 1.49. The predicted octanol–water partition coefficient (Wildman–Crippen LogP) is 5.14. The molecular weight excluding hydrogens is 726 g/mol. The average molecular weight is 759 g/mol. The molecule has 1 aromatic heterocycles. The van der Waals surface area contributed by atoms with Gasteiger partial charge in [0.15, 0.2) is 0 Å². The molecule has 3 aromatic rings. The van der Waals surface area contributed by atoms with Gasteiger partial charge in [-0.15, -0.1) is 0 Å². The number of nitro groups is 1. The molecule has 0 bridgehead atoms. The van der Waals surface area contributed by atoms with Crippen LogP contribution in [0, 0.1) is 10.1 Å². The van der Waals surface area contributed by atoms with Crippen LogP contribution in [0.2, 0.25) is 0 Å². The second kappa shape index (κ2) is 14.1. The van der Waals surface area contributed by atoms with Gasteiger partial charge in [0.1, 0.15) is 11.7 Å². The van der Waals surface area contributed by atoms with E-state index in [0.29, 0.717) is 28.9 Å². The Bertz CT molecular complexity index is 1660. The zero-order valence-electron chi connectivity index (χ0n) is 25.3. The highest BCUT2D eigenvalue weighted by Crippen LogP contribution is 2.36. The van der Waals surface area contributed by atoms with Crippen LogP contribution in [-0.4, -0.2) is 88.4 Å². The highest BCUT2D eigenvalue weighted by molar-refractivity contribution is 9.10. The molecule has 0 aliphatic carbocycles. The third-order valence-electron chi connectivity index (χ3n) is 7.80. The van der Waals surface area contributed by atoms with E-state index in [9.17, 15) is 24.5 Å². The number of likely N-dealkylation sites (tertiary alicyclic amines) is 1. The molecule has 3 N–H and O–H groups in total. The average Bonchev–Trinajstić information content (AvgIpc) is 3.44. The van der Waals surface area contributed by atoms with Crippen molar-refractivity contribution in [1.29, 1.82) is 0 Å². The first-order valence-corrected chi connectivity index (χ1v) is 16.2. The van der Waals surface area contributed by atoms with Crippen LogP contribution in [0.15, 0.2) is 63.8 Å². The molecule has 2 fully saturated rings. The van der Waals surface area contributed by atoms with Crippen molar-refractivity contribution in [3.05, 3.63) is 85.0 Å². The van der Waals surface area contributed by atoms with Gasteiger partial charge in [-0.1, -0.05) is 37.9 Å². The minimum Gasteiger partial charge on any atom is -0.387 e. The number of carbonyl (C=O) groups is 3. The smallest absolute Gasteiger partial charge is 0.294 e. The maximum atomic E-state index is 13.9. The van der Waals surface area contributed by atoms with Gasteiger partial charge in [0.05, 0.1) is 33.9 Å². The second-order valence-electron chi connectivity index (χ2n) is 11.3. The van der Waals surface area contributed by atoms with Gasteiger partial charge in [0.2, 0.25) is 5.91 Å². The number of nitrogens with one attached hydrogen (secondary N) is 3. The number of pyridine rings is 1. The van der Waals surface area contributed by atoms with Gasteiger partial charge in [-0.2, -0.15) is 0 Å². The van der Waals surface area contributed by atoms with Crippen LogP contribution >= 0.6 is 31.9 Å². The fraction of sp³-hybridized carbons (Fsp3) is 0.355. The van der Waals surface area contributed by atoms with Crippen LogP contribution in [0.3, 0.4) is 0 Å². The normalized spacial score (nSPS) is 21.1. The molecule has 242 valence electrons. The highest BCUT2D eigenvalue weighted by Gasteiger charge is 2.42. The van der Waals surface area contributed by atoms with Gasteiger partial charge < -0.3 is 30.5 Å². The Kier molecular flexibility index (Phi) is 10.2. The van der Waals surface area contributed by atoms with E-state index in [1.807, 2.05) is 19.9 Å². The van der Waals surface area contributed by atoms with E-state index < -0.39 is 34.7 Å². The van der Waals surface area contributed by atoms with E-state index >= 15 is 0 Å². The van der Waals surface area contributed by atoms with E-state index in [0.717, 1.165) is 4.47 Å². The number of hydrogen-bond acceptors (Lipinski definition) is 9. The number of hydrogen-bond donors (Lipinski definition) is 3. The van der Waals surface area contributed by atoms with Crippen LogP contribution < -0.4 is 16.0 Å². The summed E-state index contributed by atoms with van der Waals surface area (Å²) >= 11 is 6.73. The molecule has 3 heterocycles. The van der Waals surface area contributed by atoms with Crippen LogP contribution in [-0.2, 0) is 9.53 Å². The Morgan fingerprint density at radius 2 is 1.72 bits per heavy atom. The Morgan fingerprint density at radius 1 is 0.978 bits per heavy atom. The number of anilines is 3. The monoisotopic (exact) mass is 757 g/mol. The molecule has 0 unspecified atom stereocenters. The number of carbonyl (C=O) groups excluding carboxylic acids is 3. The van der Waals surface area contributed by atoms with Crippen molar-refractivity contribution >= 4 is 72.3 Å². The Labute approximate surface area is 282 Å². The third kappa shape index (κ3) is 7.48. The first-order chi connectivity index (χ1) is 21.9. The summed E-state index contributed by atoms with van der Waals surface area (Å²) in [6.45, 7) is 4.41. The second-order valence-corrected chi connectivity index (χ2v) is 13.2. The molecule has 4 atom stereocenters. The summed E-state index contributed by atoms with van der Waals surface area (Å²) in [5, 5.41) is 21.3. The lowest BCUT2D eigenvalue weighted by Crippen LogP contribution is -2.48. The zero-order valence-corrected chi connectivity index (χ0v) is 28.5. The molecule has 2 aromatic carbocycles. The summed E-state index contributed by atoms with van der Waals surface area (Å²) in [6.07, 6.45) is 2.71. The number of rotatable bonds is 8. The number of aromatic nitrogens is 1. The number of nitro benzene ring substituents is 1. The van der Waals surface area contributed by atoms with Crippen molar-refractivity contribution in [2.24, 2.45) is 0 Å². The summed E-state index contributed by atoms with van der Waals surface area (Å²) < 4.78 is 6.92. The lowest BCUT2D eigenvalue weighted by molar-refractivity contribution is -0.384. The lowest BCUT2D eigenvalue weighted by atomic mass is 10.1. The van der Waals surface area contributed by atoms with E-state index in [2.05, 4.69) is 52.8 Å². The van der Waals surface area contributed by atoms with Crippen molar-refractivity contribution in [1.82, 2.24) is 14.8 Å². The molecule has 0 spiro atoms. The van der Waals surface area contributed by atoms with Gasteiger partial charge in [-0.25, -0.2) is 0 Å².